The Balaban J connectivity index is 1.95. The molecule has 0 aliphatic carbocycles. The molecule has 0 aliphatic heterocycles. The van der Waals surface area contributed by atoms with E-state index in [1.165, 1.54) is 9.35 Å². The van der Waals surface area contributed by atoms with Gasteiger partial charge in [0.25, 0.3) is 0 Å². The second-order valence-electron chi connectivity index (χ2n) is 4.00. The molecule has 2 aromatic heterocycles. The average molecular weight is 315 g/mol. The van der Waals surface area contributed by atoms with Crippen LogP contribution in [0.25, 0.3) is 0 Å². The summed E-state index contributed by atoms with van der Waals surface area (Å²) in [7, 11) is 2.08. The van der Waals surface area contributed by atoms with Crippen molar-refractivity contribution >= 4 is 27.3 Å². The predicted octanol–water partition coefficient (Wildman–Crippen LogP) is 3.19. The smallest absolute Gasteiger partial charge is 0.122 e. The van der Waals surface area contributed by atoms with Crippen LogP contribution in [-0.4, -0.2) is 11.9 Å². The lowest BCUT2D eigenvalue weighted by Gasteiger charge is -2.14. The van der Waals surface area contributed by atoms with E-state index in [4.69, 9.17) is 10.2 Å². The highest BCUT2D eigenvalue weighted by atomic mass is 79.9. The van der Waals surface area contributed by atoms with Gasteiger partial charge in [0.2, 0.25) is 0 Å². The van der Waals surface area contributed by atoms with Crippen LogP contribution < -0.4 is 5.73 Å². The maximum Gasteiger partial charge on any atom is 0.122 e. The Bertz CT molecular complexity index is 480. The maximum absolute atomic E-state index is 5.64. The first-order valence-electron chi connectivity index (χ1n) is 5.36. The zero-order valence-electron chi connectivity index (χ0n) is 9.65. The van der Waals surface area contributed by atoms with Gasteiger partial charge in [0.1, 0.15) is 5.76 Å². The lowest BCUT2D eigenvalue weighted by Crippen LogP contribution is -2.17. The summed E-state index contributed by atoms with van der Waals surface area (Å²) in [6.07, 6.45) is 1.70. The Labute approximate surface area is 113 Å². The minimum Gasteiger partial charge on any atom is -0.468 e. The van der Waals surface area contributed by atoms with Gasteiger partial charge < -0.3 is 10.2 Å². The zero-order chi connectivity index (χ0) is 12.3. The van der Waals surface area contributed by atoms with Gasteiger partial charge in [-0.25, -0.2) is 0 Å². The maximum atomic E-state index is 5.64. The van der Waals surface area contributed by atoms with Crippen LogP contribution in [0.1, 0.15) is 16.9 Å². The van der Waals surface area contributed by atoms with Gasteiger partial charge in [-0.3, -0.25) is 4.90 Å². The summed E-state index contributed by atoms with van der Waals surface area (Å²) in [6, 6.07) is 4.08. The third kappa shape index (κ3) is 3.42. The topological polar surface area (TPSA) is 42.4 Å². The van der Waals surface area contributed by atoms with Gasteiger partial charge in [0, 0.05) is 18.7 Å². The molecule has 0 radical (unpaired) electrons. The second kappa shape index (κ2) is 5.82. The minimum absolute atomic E-state index is 0.531. The van der Waals surface area contributed by atoms with E-state index in [-0.39, 0.29) is 0 Å². The molecule has 0 spiro atoms. The van der Waals surface area contributed by atoms with E-state index in [9.17, 15) is 0 Å². The molecular weight excluding hydrogens is 300 g/mol. The van der Waals surface area contributed by atoms with Crippen LogP contribution in [0.2, 0.25) is 0 Å². The number of furan rings is 1. The largest absolute Gasteiger partial charge is 0.468 e. The van der Waals surface area contributed by atoms with Crippen molar-refractivity contribution in [2.24, 2.45) is 5.73 Å². The number of hydrogen-bond acceptors (Lipinski definition) is 4. The van der Waals surface area contributed by atoms with E-state index < -0.39 is 0 Å². The third-order valence-electron chi connectivity index (χ3n) is 2.55. The number of thiophene rings is 1. The molecule has 2 rings (SSSR count). The SMILES string of the molecule is CN(Cc1csc(Br)c1)Cc1occc1CN. The molecule has 2 aromatic rings. The van der Waals surface area contributed by atoms with Crippen LogP contribution in [0.15, 0.2) is 32.0 Å². The lowest BCUT2D eigenvalue weighted by molar-refractivity contribution is 0.286. The number of hydrogen-bond donors (Lipinski definition) is 1. The summed E-state index contributed by atoms with van der Waals surface area (Å²) in [5.74, 6) is 0.962. The fourth-order valence-corrected chi connectivity index (χ4v) is 2.93. The van der Waals surface area contributed by atoms with Crippen LogP contribution in [0.4, 0.5) is 0 Å². The Kier molecular flexibility index (Phi) is 4.39. The van der Waals surface area contributed by atoms with Crippen molar-refractivity contribution in [3.63, 3.8) is 0 Å². The quantitative estimate of drug-likeness (QED) is 0.921. The van der Waals surface area contributed by atoms with Gasteiger partial charge in [-0.15, -0.1) is 11.3 Å². The molecule has 0 amide bonds. The van der Waals surface area contributed by atoms with Gasteiger partial charge in [-0.1, -0.05) is 0 Å². The van der Waals surface area contributed by atoms with Crippen molar-refractivity contribution < 1.29 is 4.42 Å². The summed E-state index contributed by atoms with van der Waals surface area (Å²) < 4.78 is 6.61. The van der Waals surface area contributed by atoms with Crippen LogP contribution >= 0.6 is 27.3 Å². The van der Waals surface area contributed by atoms with Crippen LogP contribution in [-0.2, 0) is 19.6 Å². The molecule has 0 unspecified atom stereocenters. The predicted molar refractivity (Wildman–Crippen MR) is 73.8 cm³/mol. The van der Waals surface area contributed by atoms with Crippen molar-refractivity contribution in [2.75, 3.05) is 7.05 Å². The summed E-state index contributed by atoms with van der Waals surface area (Å²) in [6.45, 7) is 2.23. The summed E-state index contributed by atoms with van der Waals surface area (Å²) in [4.78, 5) is 2.21. The summed E-state index contributed by atoms with van der Waals surface area (Å²) >= 11 is 5.18. The molecule has 92 valence electrons. The van der Waals surface area contributed by atoms with Gasteiger partial charge in [-0.2, -0.15) is 0 Å². The molecule has 17 heavy (non-hydrogen) atoms. The molecule has 0 atom stereocenters. The molecule has 0 bridgehead atoms. The van der Waals surface area contributed by atoms with E-state index in [1.807, 2.05) is 6.07 Å². The number of rotatable bonds is 5. The Morgan fingerprint density at radius 3 is 2.94 bits per heavy atom. The molecule has 3 nitrogen and oxygen atoms in total. The molecule has 0 saturated carbocycles. The highest BCUT2D eigenvalue weighted by Crippen LogP contribution is 2.22. The third-order valence-corrected chi connectivity index (χ3v) is 4.10. The van der Waals surface area contributed by atoms with Crippen molar-refractivity contribution in [3.8, 4) is 0 Å². The molecule has 0 aromatic carbocycles. The number of nitrogens with two attached hydrogens (primary N) is 1. The molecular formula is C12H15BrN2OS. The normalized spacial score (nSPS) is 11.3. The second-order valence-corrected chi connectivity index (χ2v) is 6.29. The first kappa shape index (κ1) is 12.8. The van der Waals surface area contributed by atoms with Crippen LogP contribution in [0.3, 0.4) is 0 Å². The van der Waals surface area contributed by atoms with Gasteiger partial charge in [0.05, 0.1) is 16.6 Å². The average Bonchev–Trinajstić information content (AvgIpc) is 2.87. The fourth-order valence-electron chi connectivity index (χ4n) is 1.73. The van der Waals surface area contributed by atoms with Gasteiger partial charge >= 0.3 is 0 Å². The molecule has 0 aliphatic rings. The Morgan fingerprint density at radius 1 is 1.47 bits per heavy atom. The highest BCUT2D eigenvalue weighted by molar-refractivity contribution is 9.11. The van der Waals surface area contributed by atoms with E-state index in [0.717, 1.165) is 24.4 Å². The molecule has 0 saturated heterocycles. The fraction of sp³-hybridized carbons (Fsp3) is 0.333. The first-order valence-corrected chi connectivity index (χ1v) is 7.03. The Hall–Kier alpha value is -0.620. The van der Waals surface area contributed by atoms with E-state index in [1.54, 1.807) is 17.6 Å². The van der Waals surface area contributed by atoms with Crippen molar-refractivity contribution in [1.29, 1.82) is 0 Å². The van der Waals surface area contributed by atoms with E-state index in [2.05, 4.69) is 39.3 Å². The van der Waals surface area contributed by atoms with Crippen LogP contribution in [0.5, 0.6) is 0 Å². The summed E-state index contributed by atoms with van der Waals surface area (Å²) in [5, 5.41) is 2.16. The summed E-state index contributed by atoms with van der Waals surface area (Å²) in [5.41, 5.74) is 8.04. The monoisotopic (exact) mass is 314 g/mol. The van der Waals surface area contributed by atoms with E-state index in [0.29, 0.717) is 6.54 Å². The lowest BCUT2D eigenvalue weighted by atomic mass is 10.2. The van der Waals surface area contributed by atoms with Crippen molar-refractivity contribution in [3.05, 3.63) is 44.4 Å². The van der Waals surface area contributed by atoms with Crippen molar-refractivity contribution in [1.82, 2.24) is 4.90 Å². The molecule has 2 N–H and O–H groups in total. The van der Waals surface area contributed by atoms with Crippen LogP contribution in [0, 0.1) is 0 Å². The molecule has 5 heteroatoms. The number of nitrogens with zero attached hydrogens (tertiary/aromatic N) is 1. The Morgan fingerprint density at radius 2 is 2.29 bits per heavy atom. The number of halogens is 1. The zero-order valence-corrected chi connectivity index (χ0v) is 12.1. The highest BCUT2D eigenvalue weighted by Gasteiger charge is 2.09. The standard InChI is InChI=1S/C12H15BrN2OS/c1-15(6-9-4-12(13)17-8-9)7-11-10(5-14)2-3-16-11/h2-4,8H,5-7,14H2,1H3. The van der Waals surface area contributed by atoms with E-state index >= 15 is 0 Å². The first-order chi connectivity index (χ1) is 8.19. The molecule has 2 heterocycles. The van der Waals surface area contributed by atoms with Gasteiger partial charge in [-0.05, 0) is 46.1 Å². The minimum atomic E-state index is 0.531. The van der Waals surface area contributed by atoms with Gasteiger partial charge in [0.15, 0.2) is 0 Å². The molecule has 0 fully saturated rings. The van der Waals surface area contributed by atoms with Crippen molar-refractivity contribution in [2.45, 2.75) is 19.6 Å².